The minimum absolute atomic E-state index is 0.483. The lowest BCUT2D eigenvalue weighted by atomic mass is 10.2. The van der Waals surface area contributed by atoms with Gasteiger partial charge in [0.2, 0.25) is 0 Å². The van der Waals surface area contributed by atoms with Crippen molar-refractivity contribution in [3.63, 3.8) is 0 Å². The molecule has 0 bridgehead atoms. The number of hydrogen-bond donors (Lipinski definition) is 1. The molecule has 0 spiro atoms. The van der Waals surface area contributed by atoms with Crippen molar-refractivity contribution < 1.29 is 0 Å². The number of aryl methyl sites for hydroxylation is 1. The van der Waals surface area contributed by atoms with Crippen LogP contribution in [-0.2, 0) is 6.42 Å². The summed E-state index contributed by atoms with van der Waals surface area (Å²) in [5.74, 6) is 0. The average Bonchev–Trinajstić information content (AvgIpc) is 2.48. The number of rotatable bonds is 3. The van der Waals surface area contributed by atoms with E-state index in [-0.39, 0.29) is 0 Å². The molecule has 0 atom stereocenters. The maximum absolute atomic E-state index is 8.44. The zero-order valence-corrected chi connectivity index (χ0v) is 6.59. The summed E-state index contributed by atoms with van der Waals surface area (Å²) in [6.07, 6.45) is 3.30. The van der Waals surface area contributed by atoms with Gasteiger partial charge in [0.15, 0.2) is 5.69 Å². The molecule has 0 aliphatic carbocycles. The standard InChI is InChI=1S/C8H11N3/c1-2-3-4-7-5-8(6-9)11-10-7/h5H,2-4H2,1H3,(H,10,11). The van der Waals surface area contributed by atoms with Crippen LogP contribution in [0, 0.1) is 11.3 Å². The van der Waals surface area contributed by atoms with E-state index in [1.165, 1.54) is 6.42 Å². The molecule has 1 heterocycles. The van der Waals surface area contributed by atoms with Crippen molar-refractivity contribution in [1.82, 2.24) is 10.2 Å². The van der Waals surface area contributed by atoms with E-state index in [1.54, 1.807) is 6.07 Å². The van der Waals surface area contributed by atoms with Gasteiger partial charge in [0, 0.05) is 5.69 Å². The molecule has 0 fully saturated rings. The van der Waals surface area contributed by atoms with Crippen molar-refractivity contribution in [3.8, 4) is 6.07 Å². The Kier molecular flexibility index (Phi) is 2.67. The largest absolute Gasteiger partial charge is 0.281 e. The van der Waals surface area contributed by atoms with E-state index in [4.69, 9.17) is 5.26 Å². The molecule has 3 nitrogen and oxygen atoms in total. The fraction of sp³-hybridized carbons (Fsp3) is 0.500. The highest BCUT2D eigenvalue weighted by Gasteiger charge is 1.97. The SMILES string of the molecule is CCCCc1cc(C#N)n[nH]1. The van der Waals surface area contributed by atoms with Crippen molar-refractivity contribution in [2.75, 3.05) is 0 Å². The van der Waals surface area contributed by atoms with E-state index in [2.05, 4.69) is 17.1 Å². The summed E-state index contributed by atoms with van der Waals surface area (Å²) in [6, 6.07) is 3.78. The summed E-state index contributed by atoms with van der Waals surface area (Å²) < 4.78 is 0. The Bertz CT molecular complexity index is 257. The van der Waals surface area contributed by atoms with Crippen LogP contribution in [0.5, 0.6) is 0 Å². The minimum atomic E-state index is 0.483. The van der Waals surface area contributed by atoms with Crippen molar-refractivity contribution >= 4 is 0 Å². The van der Waals surface area contributed by atoms with Gasteiger partial charge in [-0.25, -0.2) is 0 Å². The van der Waals surface area contributed by atoms with E-state index < -0.39 is 0 Å². The third-order valence-electron chi connectivity index (χ3n) is 1.55. The zero-order chi connectivity index (χ0) is 8.10. The summed E-state index contributed by atoms with van der Waals surface area (Å²) in [5.41, 5.74) is 1.54. The quantitative estimate of drug-likeness (QED) is 0.710. The molecule has 58 valence electrons. The molecule has 3 heteroatoms. The number of nitrogens with zero attached hydrogens (tertiary/aromatic N) is 2. The lowest BCUT2D eigenvalue weighted by Crippen LogP contribution is -1.83. The fourth-order valence-corrected chi connectivity index (χ4v) is 0.914. The molecule has 11 heavy (non-hydrogen) atoms. The molecule has 0 aliphatic heterocycles. The molecule has 0 radical (unpaired) electrons. The van der Waals surface area contributed by atoms with Crippen molar-refractivity contribution in [2.45, 2.75) is 26.2 Å². The number of nitriles is 1. The predicted molar refractivity (Wildman–Crippen MR) is 41.9 cm³/mol. The Morgan fingerprint density at radius 3 is 3.09 bits per heavy atom. The monoisotopic (exact) mass is 149 g/mol. The maximum Gasteiger partial charge on any atom is 0.162 e. The van der Waals surface area contributed by atoms with Gasteiger partial charge in [0.25, 0.3) is 0 Å². The fourth-order valence-electron chi connectivity index (χ4n) is 0.914. The van der Waals surface area contributed by atoms with Crippen LogP contribution in [-0.4, -0.2) is 10.2 Å². The molecule has 0 aliphatic rings. The second kappa shape index (κ2) is 3.77. The molecule has 0 saturated carbocycles. The third-order valence-corrected chi connectivity index (χ3v) is 1.55. The van der Waals surface area contributed by atoms with E-state index in [0.29, 0.717) is 5.69 Å². The molecular weight excluding hydrogens is 138 g/mol. The summed E-state index contributed by atoms with van der Waals surface area (Å²) >= 11 is 0. The highest BCUT2D eigenvalue weighted by molar-refractivity contribution is 5.21. The second-order valence-corrected chi connectivity index (χ2v) is 2.49. The Morgan fingerprint density at radius 1 is 1.73 bits per heavy atom. The van der Waals surface area contributed by atoms with E-state index in [9.17, 15) is 0 Å². The lowest BCUT2D eigenvalue weighted by Gasteiger charge is -1.90. The van der Waals surface area contributed by atoms with Crippen molar-refractivity contribution in [1.29, 1.82) is 5.26 Å². The smallest absolute Gasteiger partial charge is 0.162 e. The van der Waals surface area contributed by atoms with Gasteiger partial charge < -0.3 is 0 Å². The minimum Gasteiger partial charge on any atom is -0.281 e. The number of hydrogen-bond acceptors (Lipinski definition) is 2. The van der Waals surface area contributed by atoms with E-state index in [1.807, 2.05) is 6.07 Å². The summed E-state index contributed by atoms with van der Waals surface area (Å²) in [6.45, 7) is 2.14. The molecule has 1 N–H and O–H groups in total. The first-order chi connectivity index (χ1) is 5.36. The lowest BCUT2D eigenvalue weighted by molar-refractivity contribution is 0.772. The Morgan fingerprint density at radius 2 is 2.55 bits per heavy atom. The van der Waals surface area contributed by atoms with Crippen LogP contribution >= 0.6 is 0 Å². The maximum atomic E-state index is 8.44. The molecular formula is C8H11N3. The van der Waals surface area contributed by atoms with Gasteiger partial charge in [0.1, 0.15) is 6.07 Å². The average molecular weight is 149 g/mol. The predicted octanol–water partition coefficient (Wildman–Crippen LogP) is 1.62. The molecule has 0 saturated heterocycles. The Hall–Kier alpha value is -1.30. The molecule has 1 rings (SSSR count). The van der Waals surface area contributed by atoms with Gasteiger partial charge in [-0.15, -0.1) is 0 Å². The van der Waals surface area contributed by atoms with Gasteiger partial charge in [-0.2, -0.15) is 10.4 Å². The first kappa shape index (κ1) is 7.80. The van der Waals surface area contributed by atoms with Crippen LogP contribution in [0.25, 0.3) is 0 Å². The number of nitrogens with one attached hydrogen (secondary N) is 1. The van der Waals surface area contributed by atoms with Gasteiger partial charge in [0.05, 0.1) is 0 Å². The molecule has 1 aromatic heterocycles. The zero-order valence-electron chi connectivity index (χ0n) is 6.59. The number of aromatic nitrogens is 2. The van der Waals surface area contributed by atoms with Crippen LogP contribution in [0.3, 0.4) is 0 Å². The highest BCUT2D eigenvalue weighted by Crippen LogP contribution is 2.02. The molecule has 0 unspecified atom stereocenters. The number of unbranched alkanes of at least 4 members (excludes halogenated alkanes) is 1. The van der Waals surface area contributed by atoms with Crippen LogP contribution in [0.15, 0.2) is 6.07 Å². The number of aromatic amines is 1. The normalized spacial score (nSPS) is 9.45. The summed E-state index contributed by atoms with van der Waals surface area (Å²) in [7, 11) is 0. The van der Waals surface area contributed by atoms with Gasteiger partial charge in [-0.05, 0) is 18.9 Å². The van der Waals surface area contributed by atoms with Crippen LogP contribution in [0.1, 0.15) is 31.2 Å². The highest BCUT2D eigenvalue weighted by atomic mass is 15.1. The second-order valence-electron chi connectivity index (χ2n) is 2.49. The van der Waals surface area contributed by atoms with Crippen LogP contribution in [0.4, 0.5) is 0 Å². The van der Waals surface area contributed by atoms with Crippen molar-refractivity contribution in [3.05, 3.63) is 17.5 Å². The van der Waals surface area contributed by atoms with Gasteiger partial charge >= 0.3 is 0 Å². The first-order valence-electron chi connectivity index (χ1n) is 3.81. The molecule has 0 amide bonds. The first-order valence-corrected chi connectivity index (χ1v) is 3.81. The third kappa shape index (κ3) is 2.08. The van der Waals surface area contributed by atoms with Crippen LogP contribution < -0.4 is 0 Å². The Labute approximate surface area is 66.0 Å². The van der Waals surface area contributed by atoms with Crippen molar-refractivity contribution in [2.24, 2.45) is 0 Å². The van der Waals surface area contributed by atoms with Crippen LogP contribution in [0.2, 0.25) is 0 Å². The van der Waals surface area contributed by atoms with E-state index in [0.717, 1.165) is 18.5 Å². The topological polar surface area (TPSA) is 52.5 Å². The summed E-state index contributed by atoms with van der Waals surface area (Å²) in [4.78, 5) is 0. The number of H-pyrrole nitrogens is 1. The van der Waals surface area contributed by atoms with E-state index >= 15 is 0 Å². The van der Waals surface area contributed by atoms with Gasteiger partial charge in [-0.1, -0.05) is 13.3 Å². The summed E-state index contributed by atoms with van der Waals surface area (Å²) in [5, 5.41) is 15.1. The molecule has 0 aromatic carbocycles. The van der Waals surface area contributed by atoms with Gasteiger partial charge in [-0.3, -0.25) is 5.10 Å². The Balaban J connectivity index is 2.53. The molecule has 1 aromatic rings.